The van der Waals surface area contributed by atoms with Gasteiger partial charge < -0.3 is 15.7 Å². The van der Waals surface area contributed by atoms with Gasteiger partial charge in [-0.05, 0) is 62.1 Å². The van der Waals surface area contributed by atoms with Gasteiger partial charge in [-0.1, -0.05) is 24.3 Å². The zero-order valence-electron chi connectivity index (χ0n) is 15.1. The number of rotatable bonds is 7. The fourth-order valence-corrected chi connectivity index (χ4v) is 2.91. The van der Waals surface area contributed by atoms with Gasteiger partial charge in [0.25, 0.3) is 0 Å². The smallest absolute Gasteiger partial charge is 0.405 e. The van der Waals surface area contributed by atoms with Gasteiger partial charge in [0.2, 0.25) is 5.91 Å². The largest absolute Gasteiger partial charge is 0.465 e. The van der Waals surface area contributed by atoms with Crippen molar-refractivity contribution in [1.82, 2.24) is 10.6 Å². The lowest BCUT2D eigenvalue weighted by molar-refractivity contribution is -0.124. The van der Waals surface area contributed by atoms with Crippen LogP contribution in [0.2, 0.25) is 0 Å². The second-order valence-corrected chi connectivity index (χ2v) is 6.83. The first-order valence-corrected chi connectivity index (χ1v) is 8.47. The number of nitrogens with one attached hydrogen (secondary N) is 2. The molecule has 2 amide bonds. The average Bonchev–Trinajstić information content (AvgIpc) is 2.58. The highest BCUT2D eigenvalue weighted by atomic mass is 19.1. The molecule has 2 rings (SSSR count). The quantitative estimate of drug-likeness (QED) is 0.694. The second-order valence-electron chi connectivity index (χ2n) is 6.83. The molecule has 0 bridgehead atoms. The van der Waals surface area contributed by atoms with Crippen molar-refractivity contribution in [3.8, 4) is 0 Å². The lowest BCUT2D eigenvalue weighted by Gasteiger charge is -2.32. The number of hydrogen-bond donors (Lipinski definition) is 3. The van der Waals surface area contributed by atoms with Crippen molar-refractivity contribution in [2.45, 2.75) is 38.3 Å². The number of carbonyl (C=O) groups excluding carboxylic acids is 1. The Balaban J connectivity index is 2.22. The lowest BCUT2D eigenvalue weighted by Crippen LogP contribution is -2.55. The minimum atomic E-state index is -1.29. The van der Waals surface area contributed by atoms with E-state index >= 15 is 0 Å². The third-order valence-electron chi connectivity index (χ3n) is 4.17. The molecule has 3 N–H and O–H groups in total. The molecule has 7 heteroatoms. The van der Waals surface area contributed by atoms with Gasteiger partial charge in [0, 0.05) is 5.54 Å². The SMILES string of the molecule is C[C@H](NC(=O)O)C(=O)NC(C)(Cc1ccc(F)cc1)Cc1ccc(F)cc1. The normalized spacial score (nSPS) is 12.3. The summed E-state index contributed by atoms with van der Waals surface area (Å²) in [5.74, 6) is -1.20. The van der Waals surface area contributed by atoms with Crippen molar-refractivity contribution < 1.29 is 23.5 Å². The molecule has 0 heterocycles. The summed E-state index contributed by atoms with van der Waals surface area (Å²) in [6.07, 6.45) is -0.525. The Bertz CT molecular complexity index is 744. The van der Waals surface area contributed by atoms with Gasteiger partial charge in [0.05, 0.1) is 0 Å². The predicted molar refractivity (Wildman–Crippen MR) is 97.4 cm³/mol. The highest BCUT2D eigenvalue weighted by molar-refractivity contribution is 5.85. The summed E-state index contributed by atoms with van der Waals surface area (Å²) in [5, 5.41) is 13.8. The van der Waals surface area contributed by atoms with Gasteiger partial charge in [-0.15, -0.1) is 0 Å². The molecule has 0 unspecified atom stereocenters. The maximum absolute atomic E-state index is 13.2. The van der Waals surface area contributed by atoms with Gasteiger partial charge in [0.15, 0.2) is 0 Å². The van der Waals surface area contributed by atoms with E-state index in [-0.39, 0.29) is 11.6 Å². The van der Waals surface area contributed by atoms with E-state index in [1.165, 1.54) is 31.2 Å². The van der Waals surface area contributed by atoms with Crippen LogP contribution in [0.1, 0.15) is 25.0 Å². The summed E-state index contributed by atoms with van der Waals surface area (Å²) < 4.78 is 26.3. The van der Waals surface area contributed by atoms with Gasteiger partial charge in [0.1, 0.15) is 17.7 Å². The summed E-state index contributed by atoms with van der Waals surface area (Å²) in [5.41, 5.74) is 0.821. The molecule has 0 radical (unpaired) electrons. The van der Waals surface area contributed by atoms with Crippen LogP contribution in [-0.2, 0) is 17.6 Å². The molecule has 0 aliphatic carbocycles. The van der Waals surface area contributed by atoms with Crippen molar-refractivity contribution in [2.24, 2.45) is 0 Å². The van der Waals surface area contributed by atoms with Crippen LogP contribution in [0, 0.1) is 11.6 Å². The van der Waals surface area contributed by atoms with Gasteiger partial charge >= 0.3 is 6.09 Å². The fraction of sp³-hybridized carbons (Fsp3) is 0.300. The molecule has 0 aromatic heterocycles. The number of hydrogen-bond acceptors (Lipinski definition) is 2. The van der Waals surface area contributed by atoms with Gasteiger partial charge in [-0.25, -0.2) is 13.6 Å². The summed E-state index contributed by atoms with van der Waals surface area (Å²) in [6.45, 7) is 3.25. The van der Waals surface area contributed by atoms with Crippen LogP contribution >= 0.6 is 0 Å². The molecule has 0 aliphatic heterocycles. The maximum Gasteiger partial charge on any atom is 0.405 e. The Morgan fingerprint density at radius 2 is 1.37 bits per heavy atom. The first-order valence-electron chi connectivity index (χ1n) is 8.47. The summed E-state index contributed by atoms with van der Waals surface area (Å²) in [4.78, 5) is 23.2. The molecule has 5 nitrogen and oxygen atoms in total. The standard InChI is InChI=1S/C20H22F2N2O3/c1-13(23-19(26)27)18(25)24-20(2,11-14-3-7-16(21)8-4-14)12-15-5-9-17(22)10-6-15/h3-10,13,23H,11-12H2,1-2H3,(H,24,25)(H,26,27)/t13-/m0/s1. The van der Waals surface area contributed by atoms with Crippen molar-refractivity contribution in [3.63, 3.8) is 0 Å². The highest BCUT2D eigenvalue weighted by Crippen LogP contribution is 2.20. The first kappa shape index (κ1) is 20.4. The molecular weight excluding hydrogens is 354 g/mol. The van der Waals surface area contributed by atoms with E-state index in [0.717, 1.165) is 11.1 Å². The molecule has 0 saturated heterocycles. The fourth-order valence-electron chi connectivity index (χ4n) is 2.91. The zero-order chi connectivity index (χ0) is 20.0. The first-order chi connectivity index (χ1) is 12.7. The minimum absolute atomic E-state index is 0.359. The van der Waals surface area contributed by atoms with E-state index in [9.17, 15) is 18.4 Å². The maximum atomic E-state index is 13.2. The van der Waals surface area contributed by atoms with Crippen LogP contribution in [0.15, 0.2) is 48.5 Å². The average molecular weight is 376 g/mol. The predicted octanol–water partition coefficient (Wildman–Crippen LogP) is 3.28. The Hall–Kier alpha value is -2.96. The molecular formula is C20H22F2N2O3. The molecule has 0 aliphatic rings. The number of benzene rings is 2. The summed E-state index contributed by atoms with van der Waals surface area (Å²) in [6, 6.07) is 10.9. The van der Waals surface area contributed by atoms with Crippen LogP contribution in [0.4, 0.5) is 13.6 Å². The van der Waals surface area contributed by atoms with Crippen molar-refractivity contribution in [2.75, 3.05) is 0 Å². The molecule has 0 spiro atoms. The van der Waals surface area contributed by atoms with Gasteiger partial charge in [-0.2, -0.15) is 0 Å². The number of carbonyl (C=O) groups is 2. The lowest BCUT2D eigenvalue weighted by atomic mass is 9.86. The Morgan fingerprint density at radius 1 is 0.963 bits per heavy atom. The van der Waals surface area contributed by atoms with Crippen LogP contribution in [0.3, 0.4) is 0 Å². The van der Waals surface area contributed by atoms with Crippen LogP contribution in [0.5, 0.6) is 0 Å². The monoisotopic (exact) mass is 376 g/mol. The second kappa shape index (κ2) is 8.62. The molecule has 0 saturated carbocycles. The van der Waals surface area contributed by atoms with E-state index in [0.29, 0.717) is 12.8 Å². The van der Waals surface area contributed by atoms with Crippen LogP contribution in [-0.4, -0.2) is 28.7 Å². The molecule has 1 atom stereocenters. The molecule has 27 heavy (non-hydrogen) atoms. The van der Waals surface area contributed by atoms with E-state index in [1.807, 2.05) is 6.92 Å². The number of amides is 2. The number of halogens is 2. The number of carboxylic acid groups (broad SMARTS) is 1. The van der Waals surface area contributed by atoms with E-state index in [2.05, 4.69) is 10.6 Å². The third-order valence-corrected chi connectivity index (χ3v) is 4.17. The summed E-state index contributed by atoms with van der Waals surface area (Å²) in [7, 11) is 0. The molecule has 2 aromatic carbocycles. The van der Waals surface area contributed by atoms with Crippen LogP contribution in [0.25, 0.3) is 0 Å². The molecule has 144 valence electrons. The molecule has 2 aromatic rings. The van der Waals surface area contributed by atoms with Crippen LogP contribution < -0.4 is 10.6 Å². The Kier molecular flexibility index (Phi) is 6.50. The topological polar surface area (TPSA) is 78.4 Å². The van der Waals surface area contributed by atoms with E-state index in [1.54, 1.807) is 24.3 Å². The zero-order valence-corrected chi connectivity index (χ0v) is 15.1. The Labute approximate surface area is 156 Å². The summed E-state index contributed by atoms with van der Waals surface area (Å²) >= 11 is 0. The third kappa shape index (κ3) is 6.36. The molecule has 0 fully saturated rings. The van der Waals surface area contributed by atoms with E-state index in [4.69, 9.17) is 5.11 Å². The Morgan fingerprint density at radius 3 is 1.74 bits per heavy atom. The van der Waals surface area contributed by atoms with Crippen molar-refractivity contribution >= 4 is 12.0 Å². The van der Waals surface area contributed by atoms with Gasteiger partial charge in [-0.3, -0.25) is 4.79 Å². The highest BCUT2D eigenvalue weighted by Gasteiger charge is 2.29. The van der Waals surface area contributed by atoms with Crippen molar-refractivity contribution in [3.05, 3.63) is 71.3 Å². The minimum Gasteiger partial charge on any atom is -0.465 e. The van der Waals surface area contributed by atoms with E-state index < -0.39 is 23.6 Å². The van der Waals surface area contributed by atoms with Crippen molar-refractivity contribution in [1.29, 1.82) is 0 Å².